The summed E-state index contributed by atoms with van der Waals surface area (Å²) in [4.78, 5) is 11.2. The molecule has 0 spiro atoms. The first-order valence-corrected chi connectivity index (χ1v) is 6.27. The van der Waals surface area contributed by atoms with Crippen LogP contribution in [0.5, 0.6) is 0 Å². The number of benzene rings is 1. The minimum absolute atomic E-state index is 0.0000926. The molecule has 0 amide bonds. The van der Waals surface area contributed by atoms with E-state index in [0.717, 1.165) is 5.56 Å². The van der Waals surface area contributed by atoms with Crippen LogP contribution < -0.4 is 5.32 Å². The zero-order chi connectivity index (χ0) is 13.6. The van der Waals surface area contributed by atoms with Crippen molar-refractivity contribution in [1.82, 2.24) is 9.78 Å². The molecule has 0 radical (unpaired) electrons. The average Bonchev–Trinajstić information content (AvgIpc) is 2.84. The first-order chi connectivity index (χ1) is 9.06. The topological polar surface area (TPSA) is 67.2 Å². The van der Waals surface area contributed by atoms with Gasteiger partial charge in [0.1, 0.15) is 11.4 Å². The van der Waals surface area contributed by atoms with Crippen molar-refractivity contribution < 1.29 is 9.90 Å². The molecule has 2 aromatic rings. The van der Waals surface area contributed by atoms with Gasteiger partial charge in [-0.25, -0.2) is 9.48 Å². The Morgan fingerprint density at radius 2 is 2.37 bits per heavy atom. The number of aromatic nitrogens is 2. The maximum absolute atomic E-state index is 11.2. The third-order valence-corrected chi connectivity index (χ3v) is 3.49. The summed E-state index contributed by atoms with van der Waals surface area (Å²) in [5, 5.41) is 17.3. The smallest absolute Gasteiger partial charge is 0.341 e. The lowest BCUT2D eigenvalue weighted by atomic mass is 10.1. The summed E-state index contributed by atoms with van der Waals surface area (Å²) in [5.74, 6) is -0.395. The van der Waals surface area contributed by atoms with Crippen molar-refractivity contribution in [2.24, 2.45) is 0 Å². The number of halogens is 1. The highest BCUT2D eigenvalue weighted by Crippen LogP contribution is 2.33. The van der Waals surface area contributed by atoms with Crippen molar-refractivity contribution in [3.8, 4) is 0 Å². The first kappa shape index (κ1) is 12.0. The summed E-state index contributed by atoms with van der Waals surface area (Å²) in [7, 11) is 0. The van der Waals surface area contributed by atoms with E-state index in [2.05, 4.69) is 10.4 Å². The standard InChI is InChI=1S/C13H12ClN3O2/c1-7-11(13(18)19)12-15-10(6-17(12)16-7)8-3-2-4-9(14)5-8/h2-5,10,15H,6H2,1H3,(H,18,19). The molecule has 1 aromatic carbocycles. The highest BCUT2D eigenvalue weighted by molar-refractivity contribution is 6.30. The Hall–Kier alpha value is -2.01. The van der Waals surface area contributed by atoms with E-state index >= 15 is 0 Å². The fourth-order valence-electron chi connectivity index (χ4n) is 2.41. The van der Waals surface area contributed by atoms with Crippen LogP contribution in [0.2, 0.25) is 5.02 Å². The van der Waals surface area contributed by atoms with Gasteiger partial charge in [-0.3, -0.25) is 0 Å². The highest BCUT2D eigenvalue weighted by atomic mass is 35.5. The quantitative estimate of drug-likeness (QED) is 0.886. The summed E-state index contributed by atoms with van der Waals surface area (Å²) in [6, 6.07) is 7.53. The third-order valence-electron chi connectivity index (χ3n) is 3.26. The molecule has 98 valence electrons. The predicted molar refractivity (Wildman–Crippen MR) is 71.7 cm³/mol. The molecule has 0 saturated carbocycles. The Bertz CT molecular complexity index is 666. The van der Waals surface area contributed by atoms with Crippen LogP contribution in [0, 0.1) is 6.92 Å². The number of hydrogen-bond acceptors (Lipinski definition) is 3. The van der Waals surface area contributed by atoms with Crippen LogP contribution in [0.15, 0.2) is 24.3 Å². The molecule has 1 unspecified atom stereocenters. The number of aromatic carboxylic acids is 1. The number of nitrogens with zero attached hydrogens (tertiary/aromatic N) is 2. The van der Waals surface area contributed by atoms with Gasteiger partial charge in [0, 0.05) is 5.02 Å². The number of carbonyl (C=O) groups is 1. The van der Waals surface area contributed by atoms with Crippen LogP contribution in [0.3, 0.4) is 0 Å². The first-order valence-electron chi connectivity index (χ1n) is 5.89. The van der Waals surface area contributed by atoms with E-state index in [9.17, 15) is 9.90 Å². The molecule has 1 aromatic heterocycles. The summed E-state index contributed by atoms with van der Waals surface area (Å²) in [6.07, 6.45) is 0. The second-order valence-corrected chi connectivity index (χ2v) is 4.98. The lowest BCUT2D eigenvalue weighted by Gasteiger charge is -2.11. The summed E-state index contributed by atoms with van der Waals surface area (Å²) in [6.45, 7) is 2.30. The molecule has 0 aliphatic carbocycles. The zero-order valence-electron chi connectivity index (χ0n) is 10.2. The van der Waals surface area contributed by atoms with Crippen LogP contribution in [0.25, 0.3) is 0 Å². The van der Waals surface area contributed by atoms with Crippen molar-refractivity contribution in [1.29, 1.82) is 0 Å². The molecule has 5 nitrogen and oxygen atoms in total. The normalized spacial score (nSPS) is 17.1. The van der Waals surface area contributed by atoms with Gasteiger partial charge in [-0.15, -0.1) is 0 Å². The molecule has 3 rings (SSSR count). The van der Waals surface area contributed by atoms with E-state index in [1.165, 1.54) is 0 Å². The van der Waals surface area contributed by atoms with Crippen molar-refractivity contribution in [2.75, 3.05) is 5.32 Å². The zero-order valence-corrected chi connectivity index (χ0v) is 11.0. The van der Waals surface area contributed by atoms with E-state index in [0.29, 0.717) is 23.1 Å². The summed E-state index contributed by atoms with van der Waals surface area (Å²) in [5.41, 5.74) is 1.79. The molecule has 1 atom stereocenters. The molecule has 2 N–H and O–H groups in total. The van der Waals surface area contributed by atoms with Crippen LogP contribution in [-0.2, 0) is 6.54 Å². The fourth-order valence-corrected chi connectivity index (χ4v) is 2.61. The summed E-state index contributed by atoms with van der Waals surface area (Å²) < 4.78 is 1.70. The van der Waals surface area contributed by atoms with Gasteiger partial charge in [0.15, 0.2) is 0 Å². The van der Waals surface area contributed by atoms with Crippen molar-refractivity contribution in [3.63, 3.8) is 0 Å². The molecule has 6 heteroatoms. The largest absolute Gasteiger partial charge is 0.477 e. The minimum Gasteiger partial charge on any atom is -0.477 e. The van der Waals surface area contributed by atoms with E-state index in [1.54, 1.807) is 11.6 Å². The average molecular weight is 278 g/mol. The van der Waals surface area contributed by atoms with Gasteiger partial charge < -0.3 is 10.4 Å². The van der Waals surface area contributed by atoms with Gasteiger partial charge in [-0.2, -0.15) is 5.10 Å². The number of aryl methyl sites for hydroxylation is 1. The second kappa shape index (κ2) is 4.28. The number of anilines is 1. The van der Waals surface area contributed by atoms with Gasteiger partial charge >= 0.3 is 5.97 Å². The van der Waals surface area contributed by atoms with Gasteiger partial charge in [-0.1, -0.05) is 23.7 Å². The molecule has 0 bridgehead atoms. The predicted octanol–water partition coefficient (Wildman–Crippen LogP) is 2.71. The molecule has 0 fully saturated rings. The number of hydrogen-bond donors (Lipinski definition) is 2. The number of carboxylic acids is 1. The molecule has 0 saturated heterocycles. The Morgan fingerprint density at radius 1 is 1.58 bits per heavy atom. The Balaban J connectivity index is 1.95. The van der Waals surface area contributed by atoms with Crippen LogP contribution in [-0.4, -0.2) is 20.9 Å². The Morgan fingerprint density at radius 3 is 3.05 bits per heavy atom. The van der Waals surface area contributed by atoms with E-state index in [1.807, 2.05) is 24.3 Å². The molecule has 19 heavy (non-hydrogen) atoms. The number of fused-ring (bicyclic) bond motifs is 1. The maximum Gasteiger partial charge on any atom is 0.341 e. The number of rotatable bonds is 2. The lowest BCUT2D eigenvalue weighted by Crippen LogP contribution is -2.09. The van der Waals surface area contributed by atoms with Crippen molar-refractivity contribution >= 4 is 23.4 Å². The Labute approximate surface area is 114 Å². The van der Waals surface area contributed by atoms with Gasteiger partial charge in [0.05, 0.1) is 18.3 Å². The van der Waals surface area contributed by atoms with Crippen LogP contribution >= 0.6 is 11.6 Å². The Kier molecular flexibility index (Phi) is 2.71. The second-order valence-electron chi connectivity index (χ2n) is 4.55. The van der Waals surface area contributed by atoms with Crippen molar-refractivity contribution in [3.05, 3.63) is 46.1 Å². The maximum atomic E-state index is 11.2. The SMILES string of the molecule is Cc1nn2c(c1C(=O)O)NC(c1cccc(Cl)c1)C2. The number of nitrogens with one attached hydrogen (secondary N) is 1. The third kappa shape index (κ3) is 1.96. The monoisotopic (exact) mass is 277 g/mol. The highest BCUT2D eigenvalue weighted by Gasteiger charge is 2.30. The molecule has 1 aliphatic heterocycles. The van der Waals surface area contributed by atoms with Gasteiger partial charge in [0.2, 0.25) is 0 Å². The van der Waals surface area contributed by atoms with Crippen LogP contribution in [0.1, 0.15) is 27.7 Å². The van der Waals surface area contributed by atoms with E-state index in [-0.39, 0.29) is 11.6 Å². The van der Waals surface area contributed by atoms with Crippen LogP contribution in [0.4, 0.5) is 5.82 Å². The van der Waals surface area contributed by atoms with E-state index in [4.69, 9.17) is 11.6 Å². The molecule has 2 heterocycles. The van der Waals surface area contributed by atoms with Gasteiger partial charge in [-0.05, 0) is 24.6 Å². The van der Waals surface area contributed by atoms with Crippen molar-refractivity contribution in [2.45, 2.75) is 19.5 Å². The number of carboxylic acid groups (broad SMARTS) is 1. The van der Waals surface area contributed by atoms with E-state index < -0.39 is 5.97 Å². The summed E-state index contributed by atoms with van der Waals surface area (Å²) >= 11 is 5.97. The molecular weight excluding hydrogens is 266 g/mol. The molecule has 1 aliphatic rings. The van der Waals surface area contributed by atoms with Gasteiger partial charge in [0.25, 0.3) is 0 Å². The molecular formula is C13H12ClN3O2. The lowest BCUT2D eigenvalue weighted by molar-refractivity contribution is 0.0697. The minimum atomic E-state index is -0.960. The fraction of sp³-hybridized carbons (Fsp3) is 0.231.